The lowest BCUT2D eigenvalue weighted by Gasteiger charge is -2.08. The Bertz CT molecular complexity index is 1790. The van der Waals surface area contributed by atoms with Crippen LogP contribution in [0.5, 0.6) is 0 Å². The average molecular weight is 507 g/mol. The number of fused-ring (bicyclic) bond motifs is 2. The maximum atomic E-state index is 13.5. The van der Waals surface area contributed by atoms with Crippen LogP contribution < -0.4 is 5.32 Å². The van der Waals surface area contributed by atoms with E-state index in [1.54, 1.807) is 36.9 Å². The number of imidazole rings is 1. The topological polar surface area (TPSA) is 125 Å². The zero-order valence-electron chi connectivity index (χ0n) is 20.7. The van der Waals surface area contributed by atoms with Crippen molar-refractivity contribution in [1.82, 2.24) is 35.1 Å². The Balaban J connectivity index is 1.38. The van der Waals surface area contributed by atoms with Crippen molar-refractivity contribution in [1.29, 1.82) is 0 Å². The van der Waals surface area contributed by atoms with Gasteiger partial charge in [-0.1, -0.05) is 13.8 Å². The molecule has 38 heavy (non-hydrogen) atoms. The van der Waals surface area contributed by atoms with E-state index in [1.165, 1.54) is 12.1 Å². The first-order chi connectivity index (χ1) is 18.4. The summed E-state index contributed by atoms with van der Waals surface area (Å²) in [5.41, 5.74) is 6.30. The highest BCUT2D eigenvalue weighted by molar-refractivity contribution is 5.96. The highest BCUT2D eigenvalue weighted by Gasteiger charge is 2.17. The van der Waals surface area contributed by atoms with Crippen LogP contribution in [0.3, 0.4) is 0 Å². The molecule has 0 saturated carbocycles. The molecule has 0 saturated heterocycles. The standard InChI is InChI=1S/C28H23FN8O/c1-15(2)9-23(38)33-20-10-17(12-30-14-20)18-11-21-25(36-37-27(21)32-13-18)28-34-22-7-8-31-24(26(22)35-28)16-3-5-19(29)6-4-16/h3-8,10-15H,9H2,1-2H3,(H,33,38)(H,34,35)(H,32,36,37). The zero-order chi connectivity index (χ0) is 26.2. The molecule has 0 atom stereocenters. The molecule has 0 aliphatic carbocycles. The highest BCUT2D eigenvalue weighted by atomic mass is 19.1. The molecule has 9 nitrogen and oxygen atoms in total. The number of hydrogen-bond donors (Lipinski definition) is 3. The number of aromatic amines is 2. The second-order valence-corrected chi connectivity index (χ2v) is 9.45. The minimum absolute atomic E-state index is 0.0518. The molecule has 10 heteroatoms. The molecule has 6 rings (SSSR count). The number of anilines is 1. The fourth-order valence-electron chi connectivity index (χ4n) is 4.36. The Morgan fingerprint density at radius 2 is 1.79 bits per heavy atom. The predicted octanol–water partition coefficient (Wildman–Crippen LogP) is 5.75. The average Bonchev–Trinajstić information content (AvgIpc) is 3.52. The second-order valence-electron chi connectivity index (χ2n) is 9.45. The number of H-pyrrole nitrogens is 2. The fourth-order valence-corrected chi connectivity index (χ4v) is 4.36. The molecule has 6 aromatic rings. The Labute approximate surface area is 216 Å². The Hall–Kier alpha value is -4.99. The number of nitrogens with zero attached hydrogens (tertiary/aromatic N) is 5. The number of halogens is 1. The normalized spacial score (nSPS) is 11.5. The van der Waals surface area contributed by atoms with E-state index in [1.807, 2.05) is 32.0 Å². The van der Waals surface area contributed by atoms with Gasteiger partial charge in [0, 0.05) is 41.7 Å². The van der Waals surface area contributed by atoms with Crippen molar-refractivity contribution in [3.63, 3.8) is 0 Å². The smallest absolute Gasteiger partial charge is 0.224 e. The molecule has 188 valence electrons. The largest absolute Gasteiger partial charge is 0.336 e. The van der Waals surface area contributed by atoms with Gasteiger partial charge >= 0.3 is 0 Å². The van der Waals surface area contributed by atoms with Gasteiger partial charge in [0.25, 0.3) is 0 Å². The summed E-state index contributed by atoms with van der Waals surface area (Å²) in [6.07, 6.45) is 7.20. The fraction of sp³-hybridized carbons (Fsp3) is 0.143. The van der Waals surface area contributed by atoms with Gasteiger partial charge in [0.1, 0.15) is 17.0 Å². The van der Waals surface area contributed by atoms with Gasteiger partial charge in [0.15, 0.2) is 11.5 Å². The molecule has 0 unspecified atom stereocenters. The maximum absolute atomic E-state index is 13.5. The molecule has 1 aromatic carbocycles. The molecule has 0 aliphatic heterocycles. The summed E-state index contributed by atoms with van der Waals surface area (Å²) in [6, 6.07) is 11.8. The van der Waals surface area contributed by atoms with Gasteiger partial charge in [-0.2, -0.15) is 5.10 Å². The number of carbonyl (C=O) groups excluding carboxylic acids is 1. The van der Waals surface area contributed by atoms with E-state index < -0.39 is 0 Å². The maximum Gasteiger partial charge on any atom is 0.224 e. The molecular formula is C28H23FN8O. The molecule has 0 radical (unpaired) electrons. The SMILES string of the molecule is CC(C)CC(=O)Nc1cncc(-c2cnc3[nH]nc(-c4nc5c(-c6ccc(F)cc6)nccc5[nH]4)c3c2)c1. The summed E-state index contributed by atoms with van der Waals surface area (Å²) in [7, 11) is 0. The first kappa shape index (κ1) is 23.4. The van der Waals surface area contributed by atoms with Crippen molar-refractivity contribution >= 4 is 33.7 Å². The number of nitrogens with one attached hydrogen (secondary N) is 3. The van der Waals surface area contributed by atoms with Crippen molar-refractivity contribution < 1.29 is 9.18 Å². The van der Waals surface area contributed by atoms with E-state index in [0.717, 1.165) is 27.6 Å². The molecule has 1 amide bonds. The monoisotopic (exact) mass is 506 g/mol. The summed E-state index contributed by atoms with van der Waals surface area (Å²) in [5, 5.41) is 11.1. The van der Waals surface area contributed by atoms with Gasteiger partial charge < -0.3 is 10.3 Å². The van der Waals surface area contributed by atoms with E-state index in [9.17, 15) is 9.18 Å². The second kappa shape index (κ2) is 9.47. The van der Waals surface area contributed by atoms with Crippen LogP contribution in [0, 0.1) is 11.7 Å². The first-order valence-corrected chi connectivity index (χ1v) is 12.1. The van der Waals surface area contributed by atoms with Gasteiger partial charge in [-0.3, -0.25) is 19.9 Å². The predicted molar refractivity (Wildman–Crippen MR) is 143 cm³/mol. The van der Waals surface area contributed by atoms with Crippen LogP contribution in [-0.4, -0.2) is 41.0 Å². The van der Waals surface area contributed by atoms with E-state index >= 15 is 0 Å². The van der Waals surface area contributed by atoms with E-state index in [4.69, 9.17) is 4.98 Å². The number of benzene rings is 1. The van der Waals surface area contributed by atoms with Crippen LogP contribution in [0.4, 0.5) is 10.1 Å². The quantitative estimate of drug-likeness (QED) is 0.264. The summed E-state index contributed by atoms with van der Waals surface area (Å²) >= 11 is 0. The Morgan fingerprint density at radius 3 is 2.61 bits per heavy atom. The molecule has 0 spiro atoms. The Morgan fingerprint density at radius 1 is 0.974 bits per heavy atom. The lowest BCUT2D eigenvalue weighted by atomic mass is 10.1. The summed E-state index contributed by atoms with van der Waals surface area (Å²) in [4.78, 5) is 33.7. The zero-order valence-corrected chi connectivity index (χ0v) is 20.7. The number of amides is 1. The van der Waals surface area contributed by atoms with Gasteiger partial charge in [-0.15, -0.1) is 0 Å². The number of aromatic nitrogens is 7. The van der Waals surface area contributed by atoms with Crippen molar-refractivity contribution in [3.8, 4) is 33.9 Å². The summed E-state index contributed by atoms with van der Waals surface area (Å²) in [6.45, 7) is 4.00. The summed E-state index contributed by atoms with van der Waals surface area (Å²) < 4.78 is 13.5. The number of carbonyl (C=O) groups is 1. The first-order valence-electron chi connectivity index (χ1n) is 12.1. The van der Waals surface area contributed by atoms with Crippen molar-refractivity contribution in [3.05, 3.63) is 73.1 Å². The van der Waals surface area contributed by atoms with Gasteiger partial charge in [0.05, 0.1) is 28.5 Å². The molecule has 5 heterocycles. The highest BCUT2D eigenvalue weighted by Crippen LogP contribution is 2.32. The van der Waals surface area contributed by atoms with Crippen molar-refractivity contribution in [2.24, 2.45) is 5.92 Å². The van der Waals surface area contributed by atoms with E-state index in [-0.39, 0.29) is 17.6 Å². The van der Waals surface area contributed by atoms with Gasteiger partial charge in [-0.05, 0) is 48.4 Å². The van der Waals surface area contributed by atoms with Crippen molar-refractivity contribution in [2.45, 2.75) is 20.3 Å². The van der Waals surface area contributed by atoms with Crippen LogP contribution >= 0.6 is 0 Å². The van der Waals surface area contributed by atoms with Gasteiger partial charge in [-0.25, -0.2) is 14.4 Å². The lowest BCUT2D eigenvalue weighted by molar-refractivity contribution is -0.116. The molecule has 0 aliphatic rings. The van der Waals surface area contributed by atoms with E-state index in [0.29, 0.717) is 40.5 Å². The van der Waals surface area contributed by atoms with Crippen molar-refractivity contribution in [2.75, 3.05) is 5.32 Å². The third-order valence-corrected chi connectivity index (χ3v) is 6.11. The number of rotatable bonds is 6. The number of pyridine rings is 3. The molecule has 0 bridgehead atoms. The minimum Gasteiger partial charge on any atom is -0.336 e. The molecule has 5 aromatic heterocycles. The third kappa shape index (κ3) is 4.47. The Kier molecular flexibility index (Phi) is 5.83. The molecular weight excluding hydrogens is 483 g/mol. The summed E-state index contributed by atoms with van der Waals surface area (Å²) in [5.74, 6) is 0.449. The number of hydrogen-bond acceptors (Lipinski definition) is 6. The van der Waals surface area contributed by atoms with Crippen LogP contribution in [-0.2, 0) is 4.79 Å². The van der Waals surface area contributed by atoms with Crippen LogP contribution in [0.25, 0.3) is 56.0 Å². The molecule has 0 fully saturated rings. The van der Waals surface area contributed by atoms with Crippen LogP contribution in [0.2, 0.25) is 0 Å². The van der Waals surface area contributed by atoms with Gasteiger partial charge in [0.2, 0.25) is 5.91 Å². The molecule has 3 N–H and O–H groups in total. The lowest BCUT2D eigenvalue weighted by Crippen LogP contribution is -2.13. The van der Waals surface area contributed by atoms with E-state index in [2.05, 4.69) is 35.5 Å². The van der Waals surface area contributed by atoms with Crippen LogP contribution in [0.1, 0.15) is 20.3 Å². The van der Waals surface area contributed by atoms with Crippen LogP contribution in [0.15, 0.2) is 67.3 Å². The minimum atomic E-state index is -0.311. The third-order valence-electron chi connectivity index (χ3n) is 6.11.